The van der Waals surface area contributed by atoms with E-state index in [9.17, 15) is 5.02 Å². The van der Waals surface area contributed by atoms with Gasteiger partial charge in [0.25, 0.3) is 26.2 Å². The molecule has 0 aliphatic heterocycles. The summed E-state index contributed by atoms with van der Waals surface area (Å²) in [6, 6.07) is 10.9. The molecule has 0 amide bonds. The summed E-state index contributed by atoms with van der Waals surface area (Å²) in [7, 11) is 1.99. The quantitative estimate of drug-likeness (QED) is 0.208. The molecule has 5 nitrogen and oxygen atoms in total. The average Bonchev–Trinajstić information content (AvgIpc) is 3.57. The van der Waals surface area contributed by atoms with Crippen molar-refractivity contribution in [3.05, 3.63) is 45.6 Å². The van der Waals surface area contributed by atoms with Crippen molar-refractivity contribution in [2.24, 2.45) is 47.3 Å². The Morgan fingerprint density at radius 2 is 1.17 bits per heavy atom. The molecule has 0 spiro atoms. The van der Waals surface area contributed by atoms with Gasteiger partial charge in [0.05, 0.1) is 11.8 Å². The molecule has 0 saturated heterocycles. The Hall–Kier alpha value is -2.05. The molecule has 48 heavy (non-hydrogen) atoms. The molecule has 1 aromatic rings. The van der Waals surface area contributed by atoms with Crippen LogP contribution in [0.5, 0.6) is 0 Å². The highest BCUT2D eigenvalue weighted by Gasteiger charge is 2.35. The molecule has 0 aromatic heterocycles. The molecule has 1 aromatic carbocycles. The molecule has 3 N–H and O–H groups in total. The summed E-state index contributed by atoms with van der Waals surface area (Å²) >= 11 is 0. The van der Waals surface area contributed by atoms with E-state index >= 15 is 0 Å². The number of fused-ring (bicyclic) bond motifs is 2. The molecule has 2 aliphatic rings. The van der Waals surface area contributed by atoms with Crippen LogP contribution >= 0.6 is 0 Å². The van der Waals surface area contributed by atoms with E-state index < -0.39 is 14.0 Å². The van der Waals surface area contributed by atoms with Crippen molar-refractivity contribution in [1.82, 2.24) is 0 Å². The monoisotopic (exact) mass is 671 g/mol. The number of nitrogens with zero attached hydrogens (tertiary/aromatic N) is 2. The predicted molar refractivity (Wildman–Crippen MR) is 221 cm³/mol. The maximum Gasteiger partial charge on any atom is 0.488 e. The summed E-state index contributed by atoms with van der Waals surface area (Å²) in [5, 5.41) is 27.7. The van der Waals surface area contributed by atoms with Crippen LogP contribution in [0.3, 0.4) is 0 Å². The molecule has 3 rings (SSSR count). The fourth-order valence-corrected chi connectivity index (χ4v) is 4.71. The van der Waals surface area contributed by atoms with E-state index in [2.05, 4.69) is 89.4 Å². The predicted octanol–water partition coefficient (Wildman–Crippen LogP) is 10.1. The van der Waals surface area contributed by atoms with Gasteiger partial charge in [-0.05, 0) is 105 Å². The number of hydrogen-bond donors (Lipinski definition) is 3. The zero-order chi connectivity index (χ0) is 37.3. The normalized spacial score (nSPS) is 16.2. The van der Waals surface area contributed by atoms with E-state index in [0.717, 1.165) is 41.1 Å². The molecule has 2 bridgehead atoms. The lowest BCUT2D eigenvalue weighted by atomic mass is 9.61. The third-order valence-corrected chi connectivity index (χ3v) is 7.23. The SMILES string of the molecule is C.CB(O)c1cc(B(O)O)cc(C(C)C)c1.CC(C)C.CC(C)CC1CC2C=CC1C2.CCC(C)C.C[N+]#CC(C)C.C[N+]#CC(C)C. The van der Waals surface area contributed by atoms with Crippen LogP contribution in [0.4, 0.5) is 0 Å². The maximum absolute atomic E-state index is 9.47. The molecule has 0 heterocycles. The van der Waals surface area contributed by atoms with Gasteiger partial charge in [-0.1, -0.05) is 130 Å². The molecule has 7 heteroatoms. The van der Waals surface area contributed by atoms with Crippen LogP contribution in [0.2, 0.25) is 6.82 Å². The Morgan fingerprint density at radius 3 is 1.40 bits per heavy atom. The van der Waals surface area contributed by atoms with E-state index in [0.29, 0.717) is 28.7 Å². The lowest BCUT2D eigenvalue weighted by Crippen LogP contribution is -2.37. The lowest BCUT2D eigenvalue weighted by Gasteiger charge is -2.19. The maximum atomic E-state index is 9.47. The first kappa shape index (κ1) is 52.8. The Bertz CT molecular complexity index is 967. The van der Waals surface area contributed by atoms with Crippen molar-refractivity contribution in [2.75, 3.05) is 14.1 Å². The first-order valence-electron chi connectivity index (χ1n) is 18.3. The summed E-state index contributed by atoms with van der Waals surface area (Å²) in [6.07, 6.45) is 10.6. The van der Waals surface area contributed by atoms with Gasteiger partial charge in [0.1, 0.15) is 0 Å². The molecule has 1 saturated carbocycles. The zero-order valence-electron chi connectivity index (χ0n) is 33.8. The van der Waals surface area contributed by atoms with Crippen molar-refractivity contribution >= 4 is 25.0 Å². The van der Waals surface area contributed by atoms with Crippen LogP contribution in [0.1, 0.15) is 142 Å². The minimum atomic E-state index is -1.49. The van der Waals surface area contributed by atoms with Crippen molar-refractivity contribution in [1.29, 1.82) is 0 Å². The third kappa shape index (κ3) is 31.2. The van der Waals surface area contributed by atoms with Crippen molar-refractivity contribution in [3.63, 3.8) is 0 Å². The van der Waals surface area contributed by atoms with Gasteiger partial charge in [-0.3, -0.25) is 0 Å². The second-order valence-electron chi connectivity index (χ2n) is 15.4. The van der Waals surface area contributed by atoms with E-state index in [1.54, 1.807) is 33.1 Å². The minimum Gasteiger partial charge on any atom is -0.447 e. The van der Waals surface area contributed by atoms with Crippen LogP contribution in [-0.4, -0.2) is 43.2 Å². The highest BCUT2D eigenvalue weighted by Crippen LogP contribution is 2.45. The number of benzene rings is 1. The summed E-state index contributed by atoms with van der Waals surface area (Å²) in [6.45, 7) is 31.1. The van der Waals surface area contributed by atoms with Gasteiger partial charge < -0.3 is 15.1 Å². The van der Waals surface area contributed by atoms with E-state index in [1.807, 2.05) is 47.6 Å². The number of hydrogen-bond acceptors (Lipinski definition) is 3. The van der Waals surface area contributed by atoms with E-state index in [4.69, 9.17) is 10.0 Å². The lowest BCUT2D eigenvalue weighted by molar-refractivity contribution is 0.359. The fraction of sp³-hybridized carbons (Fsp3) is 0.756. The molecule has 276 valence electrons. The largest absolute Gasteiger partial charge is 0.488 e. The van der Waals surface area contributed by atoms with Crippen molar-refractivity contribution in [3.8, 4) is 12.1 Å². The second kappa shape index (κ2) is 31.0. The summed E-state index contributed by atoms with van der Waals surface area (Å²) in [5.41, 5.74) is 2.14. The third-order valence-electron chi connectivity index (χ3n) is 7.23. The molecular weight excluding hydrogens is 590 g/mol. The number of rotatable bonds is 6. The Kier molecular flexibility index (Phi) is 34.0. The zero-order valence-corrected chi connectivity index (χ0v) is 33.8. The number of allylic oxidation sites excluding steroid dienone is 2. The van der Waals surface area contributed by atoms with Crippen LogP contribution in [0, 0.1) is 59.5 Å². The van der Waals surface area contributed by atoms with E-state index in [1.165, 1.54) is 25.7 Å². The van der Waals surface area contributed by atoms with Crippen molar-refractivity contribution < 1.29 is 15.1 Å². The van der Waals surface area contributed by atoms with E-state index in [-0.39, 0.29) is 7.43 Å². The van der Waals surface area contributed by atoms with Gasteiger partial charge in [0, 0.05) is 0 Å². The topological polar surface area (TPSA) is 69.4 Å². The van der Waals surface area contributed by atoms with Gasteiger partial charge >= 0.3 is 14.0 Å². The van der Waals surface area contributed by atoms with Crippen LogP contribution in [0.25, 0.3) is 9.69 Å². The highest BCUT2D eigenvalue weighted by atomic mass is 16.4. The average molecular weight is 671 g/mol. The molecular formula is C41H80B2N2O3+2. The molecule has 2 aliphatic carbocycles. The van der Waals surface area contributed by atoms with Crippen molar-refractivity contribution in [2.45, 2.75) is 143 Å². The molecule has 3 atom stereocenters. The van der Waals surface area contributed by atoms with Crippen LogP contribution in [0.15, 0.2) is 30.4 Å². The Balaban J connectivity index is -0.000000259. The highest BCUT2D eigenvalue weighted by molar-refractivity contribution is 6.66. The molecule has 3 unspecified atom stereocenters. The second-order valence-corrected chi connectivity index (χ2v) is 15.4. The fourth-order valence-electron chi connectivity index (χ4n) is 4.71. The minimum absolute atomic E-state index is 0. The molecule has 0 radical (unpaired) electrons. The summed E-state index contributed by atoms with van der Waals surface area (Å²) in [4.78, 5) is 7.37. The molecule has 1 fully saturated rings. The first-order chi connectivity index (χ1) is 21.7. The van der Waals surface area contributed by atoms with Gasteiger partial charge in [0.15, 0.2) is 0 Å². The van der Waals surface area contributed by atoms with Crippen LogP contribution < -0.4 is 10.9 Å². The van der Waals surface area contributed by atoms with Gasteiger partial charge in [-0.25, -0.2) is 0 Å². The Labute approximate surface area is 301 Å². The van der Waals surface area contributed by atoms with Crippen LogP contribution in [-0.2, 0) is 0 Å². The Morgan fingerprint density at radius 1 is 0.729 bits per heavy atom. The van der Waals surface area contributed by atoms with Gasteiger partial charge in [-0.15, -0.1) is 0 Å². The first-order valence-corrected chi connectivity index (χ1v) is 18.3. The van der Waals surface area contributed by atoms with Gasteiger partial charge in [-0.2, -0.15) is 0 Å². The summed E-state index contributed by atoms with van der Waals surface area (Å²) in [5.74, 6) is 6.82. The summed E-state index contributed by atoms with van der Waals surface area (Å²) < 4.78 is 0. The van der Waals surface area contributed by atoms with Gasteiger partial charge in [0.2, 0.25) is 0 Å². The standard InChI is InChI=1S/C11H18.C10H16B2O3.2C5H10N.C5H12.C4H10.CH4/c1-8(2)5-11-7-9-3-4-10(11)6-9;1-7(2)8-4-9(11(3)13)6-10(5-8)12(14)15;2*1-5(2)4-6-3;1-4-5(2)3;1-4(2)3;/h3-4,8-11H,5-7H2,1-2H3;4-7,13-15H,1-3H3;2*5H,1-3H3;5H,4H2,1-3H3;4H,1-3H3;1H4/q;;2*+1;;;. The smallest absolute Gasteiger partial charge is 0.447 e.